The van der Waals surface area contributed by atoms with Crippen molar-refractivity contribution in [3.8, 4) is 0 Å². The van der Waals surface area contributed by atoms with Crippen LogP contribution in [-0.4, -0.2) is 11.1 Å². The summed E-state index contributed by atoms with van der Waals surface area (Å²) in [5.74, 6) is -1.13. The molecule has 0 amide bonds. The molecule has 86 valence electrons. The molecule has 0 atom stereocenters. The maximum absolute atomic E-state index is 13.6. The number of hydrogen-bond donors (Lipinski definition) is 1. The third-order valence-electron chi connectivity index (χ3n) is 3.62. The zero-order valence-corrected chi connectivity index (χ0v) is 9.51. The fourth-order valence-electron chi connectivity index (χ4n) is 2.44. The molecule has 1 aromatic rings. The van der Waals surface area contributed by atoms with Crippen LogP contribution in [0.4, 0.5) is 4.39 Å². The Morgan fingerprint density at radius 3 is 2.44 bits per heavy atom. The van der Waals surface area contributed by atoms with E-state index in [-0.39, 0.29) is 5.82 Å². The molecule has 0 spiro atoms. The SMILES string of the molecule is Cc1cc(F)c(C)c(C2(C(=O)O)CCC2)c1. The summed E-state index contributed by atoms with van der Waals surface area (Å²) in [5, 5.41) is 9.32. The largest absolute Gasteiger partial charge is 0.481 e. The predicted molar refractivity (Wildman–Crippen MR) is 59.0 cm³/mol. The van der Waals surface area contributed by atoms with Gasteiger partial charge < -0.3 is 5.11 Å². The van der Waals surface area contributed by atoms with Gasteiger partial charge in [-0.25, -0.2) is 4.39 Å². The first-order chi connectivity index (χ1) is 7.47. The molecular formula is C13H15FO2. The van der Waals surface area contributed by atoms with Crippen molar-refractivity contribution in [2.45, 2.75) is 38.5 Å². The van der Waals surface area contributed by atoms with Crippen LogP contribution >= 0.6 is 0 Å². The van der Waals surface area contributed by atoms with E-state index in [1.54, 1.807) is 13.8 Å². The minimum Gasteiger partial charge on any atom is -0.481 e. The van der Waals surface area contributed by atoms with E-state index < -0.39 is 11.4 Å². The van der Waals surface area contributed by atoms with Crippen molar-refractivity contribution >= 4 is 5.97 Å². The first kappa shape index (κ1) is 11.1. The molecule has 0 bridgehead atoms. The zero-order chi connectivity index (χ0) is 11.9. The lowest BCUT2D eigenvalue weighted by Gasteiger charge is -2.39. The topological polar surface area (TPSA) is 37.3 Å². The minimum absolute atomic E-state index is 0.303. The van der Waals surface area contributed by atoms with Crippen molar-refractivity contribution in [2.24, 2.45) is 0 Å². The lowest BCUT2D eigenvalue weighted by molar-refractivity contribution is -0.147. The number of hydrogen-bond acceptors (Lipinski definition) is 1. The molecule has 0 radical (unpaired) electrons. The highest BCUT2D eigenvalue weighted by Gasteiger charge is 2.47. The van der Waals surface area contributed by atoms with Crippen LogP contribution in [0.1, 0.15) is 36.0 Å². The van der Waals surface area contributed by atoms with Gasteiger partial charge in [0.25, 0.3) is 0 Å². The second kappa shape index (κ2) is 3.58. The fraction of sp³-hybridized carbons (Fsp3) is 0.462. The average molecular weight is 222 g/mol. The molecule has 1 aliphatic rings. The number of aliphatic carboxylic acids is 1. The fourth-order valence-corrected chi connectivity index (χ4v) is 2.44. The number of carboxylic acids is 1. The summed E-state index contributed by atoms with van der Waals surface area (Å²) < 4.78 is 13.6. The van der Waals surface area contributed by atoms with Crippen LogP contribution in [0.5, 0.6) is 0 Å². The van der Waals surface area contributed by atoms with Crippen LogP contribution in [0.2, 0.25) is 0 Å². The molecular weight excluding hydrogens is 207 g/mol. The van der Waals surface area contributed by atoms with Gasteiger partial charge in [-0.2, -0.15) is 0 Å². The van der Waals surface area contributed by atoms with Gasteiger partial charge in [-0.1, -0.05) is 12.5 Å². The van der Waals surface area contributed by atoms with Crippen molar-refractivity contribution in [2.75, 3.05) is 0 Å². The highest BCUT2D eigenvalue weighted by atomic mass is 19.1. The Labute approximate surface area is 94.1 Å². The van der Waals surface area contributed by atoms with Gasteiger partial charge in [0.2, 0.25) is 0 Å². The van der Waals surface area contributed by atoms with Gasteiger partial charge in [0.15, 0.2) is 0 Å². The summed E-state index contributed by atoms with van der Waals surface area (Å²) >= 11 is 0. The van der Waals surface area contributed by atoms with E-state index in [1.807, 2.05) is 6.07 Å². The van der Waals surface area contributed by atoms with Crippen LogP contribution in [0, 0.1) is 19.7 Å². The number of rotatable bonds is 2. The Balaban J connectivity index is 2.59. The van der Waals surface area contributed by atoms with E-state index in [2.05, 4.69) is 0 Å². The highest BCUT2D eigenvalue weighted by Crippen LogP contribution is 2.45. The van der Waals surface area contributed by atoms with Crippen molar-refractivity contribution in [1.29, 1.82) is 0 Å². The third kappa shape index (κ3) is 1.42. The van der Waals surface area contributed by atoms with E-state index in [0.717, 1.165) is 12.0 Å². The van der Waals surface area contributed by atoms with Crippen molar-refractivity contribution < 1.29 is 14.3 Å². The molecule has 2 nitrogen and oxygen atoms in total. The standard InChI is InChI=1S/C13H15FO2/c1-8-6-10(9(2)11(14)7-8)13(12(15)16)4-3-5-13/h6-7H,3-5H2,1-2H3,(H,15,16). The van der Waals surface area contributed by atoms with Gasteiger partial charge in [0.05, 0.1) is 5.41 Å². The van der Waals surface area contributed by atoms with Gasteiger partial charge in [0, 0.05) is 0 Å². The van der Waals surface area contributed by atoms with E-state index in [9.17, 15) is 14.3 Å². The molecule has 1 aliphatic carbocycles. The second-order valence-corrected chi connectivity index (χ2v) is 4.66. The maximum atomic E-state index is 13.6. The molecule has 2 rings (SSSR count). The average Bonchev–Trinajstić information content (AvgIpc) is 2.10. The van der Waals surface area contributed by atoms with Crippen molar-refractivity contribution in [3.05, 3.63) is 34.6 Å². The lowest BCUT2D eigenvalue weighted by atomic mass is 9.63. The summed E-state index contributed by atoms with van der Waals surface area (Å²) in [5.41, 5.74) is 1.08. The Kier molecular flexibility index (Phi) is 2.49. The molecule has 1 N–H and O–H groups in total. The number of aryl methyl sites for hydroxylation is 1. The Morgan fingerprint density at radius 1 is 1.38 bits per heavy atom. The van der Waals surface area contributed by atoms with E-state index in [1.165, 1.54) is 6.07 Å². The monoisotopic (exact) mass is 222 g/mol. The van der Waals surface area contributed by atoms with Crippen molar-refractivity contribution in [3.63, 3.8) is 0 Å². The summed E-state index contributed by atoms with van der Waals surface area (Å²) in [4.78, 5) is 11.4. The van der Waals surface area contributed by atoms with Crippen LogP contribution in [0.25, 0.3) is 0 Å². The van der Waals surface area contributed by atoms with Gasteiger partial charge in [0.1, 0.15) is 5.82 Å². The van der Waals surface area contributed by atoms with Crippen LogP contribution < -0.4 is 0 Å². The first-order valence-corrected chi connectivity index (χ1v) is 5.48. The summed E-state index contributed by atoms with van der Waals surface area (Å²) in [6.07, 6.45) is 2.14. The number of halogens is 1. The van der Waals surface area contributed by atoms with Crippen LogP contribution in [0.15, 0.2) is 12.1 Å². The highest BCUT2D eigenvalue weighted by molar-refractivity contribution is 5.83. The van der Waals surface area contributed by atoms with Crippen molar-refractivity contribution in [1.82, 2.24) is 0 Å². The van der Waals surface area contributed by atoms with E-state index >= 15 is 0 Å². The summed E-state index contributed by atoms with van der Waals surface area (Å²) in [6.45, 7) is 3.45. The molecule has 0 aliphatic heterocycles. The molecule has 3 heteroatoms. The first-order valence-electron chi connectivity index (χ1n) is 5.48. The Bertz CT molecular complexity index is 447. The number of benzene rings is 1. The van der Waals surface area contributed by atoms with Gasteiger partial charge >= 0.3 is 5.97 Å². The van der Waals surface area contributed by atoms with E-state index in [0.29, 0.717) is 24.0 Å². The quantitative estimate of drug-likeness (QED) is 0.835. The predicted octanol–water partition coefficient (Wildman–Crippen LogP) is 2.95. The number of carboxylic acid groups (broad SMARTS) is 1. The van der Waals surface area contributed by atoms with Gasteiger partial charge in [-0.3, -0.25) is 4.79 Å². The second-order valence-electron chi connectivity index (χ2n) is 4.66. The molecule has 0 aromatic heterocycles. The third-order valence-corrected chi connectivity index (χ3v) is 3.62. The zero-order valence-electron chi connectivity index (χ0n) is 9.51. The molecule has 16 heavy (non-hydrogen) atoms. The normalized spacial score (nSPS) is 17.9. The smallest absolute Gasteiger partial charge is 0.314 e. The molecule has 0 heterocycles. The minimum atomic E-state index is -0.836. The number of carbonyl (C=O) groups is 1. The molecule has 1 fully saturated rings. The maximum Gasteiger partial charge on any atom is 0.314 e. The molecule has 0 unspecified atom stereocenters. The Hall–Kier alpha value is -1.38. The van der Waals surface area contributed by atoms with Gasteiger partial charge in [-0.05, 0) is 49.4 Å². The van der Waals surface area contributed by atoms with Crippen LogP contribution in [0.3, 0.4) is 0 Å². The molecule has 1 aromatic carbocycles. The lowest BCUT2D eigenvalue weighted by Crippen LogP contribution is -2.43. The van der Waals surface area contributed by atoms with Crippen LogP contribution in [-0.2, 0) is 10.2 Å². The summed E-state index contributed by atoms with van der Waals surface area (Å²) in [7, 11) is 0. The Morgan fingerprint density at radius 2 is 2.00 bits per heavy atom. The summed E-state index contributed by atoms with van der Waals surface area (Å²) in [6, 6.07) is 3.26. The van der Waals surface area contributed by atoms with Gasteiger partial charge in [-0.15, -0.1) is 0 Å². The molecule has 0 saturated heterocycles. The molecule has 1 saturated carbocycles. The van der Waals surface area contributed by atoms with E-state index in [4.69, 9.17) is 0 Å².